The molecule has 0 radical (unpaired) electrons. The van der Waals surface area contributed by atoms with E-state index in [4.69, 9.17) is 0 Å². The van der Waals surface area contributed by atoms with Crippen LogP contribution in [0.4, 0.5) is 0 Å². The van der Waals surface area contributed by atoms with E-state index in [1.807, 2.05) is 38.1 Å². The Morgan fingerprint density at radius 3 is 2.56 bits per heavy atom. The lowest BCUT2D eigenvalue weighted by molar-refractivity contribution is -0.123. The number of nitrogens with one attached hydrogen (secondary N) is 2. The fourth-order valence-electron chi connectivity index (χ4n) is 1.95. The van der Waals surface area contributed by atoms with Gasteiger partial charge in [-0.15, -0.1) is 0 Å². The van der Waals surface area contributed by atoms with Crippen molar-refractivity contribution < 1.29 is 4.79 Å². The number of aryl methyl sites for hydroxylation is 1. The van der Waals surface area contributed by atoms with Gasteiger partial charge in [0.15, 0.2) is 5.96 Å². The van der Waals surface area contributed by atoms with E-state index in [1.54, 1.807) is 0 Å². The molecular weight excluding hydrogens is 226 g/mol. The van der Waals surface area contributed by atoms with Crippen molar-refractivity contribution in [3.63, 3.8) is 0 Å². The maximum atomic E-state index is 12.1. The summed E-state index contributed by atoms with van der Waals surface area (Å²) in [5.41, 5.74) is 1.41. The molecular formula is C14H19N3O. The molecule has 2 N–H and O–H groups in total. The van der Waals surface area contributed by atoms with Crippen LogP contribution < -0.4 is 10.6 Å². The van der Waals surface area contributed by atoms with Crippen molar-refractivity contribution in [2.24, 2.45) is 4.99 Å². The zero-order chi connectivity index (χ0) is 13.2. The highest BCUT2D eigenvalue weighted by molar-refractivity contribution is 6.09. The summed E-state index contributed by atoms with van der Waals surface area (Å²) in [5, 5.41) is 5.97. The van der Waals surface area contributed by atoms with Crippen LogP contribution in [0.5, 0.6) is 0 Å². The van der Waals surface area contributed by atoms with E-state index in [0.29, 0.717) is 12.5 Å². The molecule has 0 bridgehead atoms. The molecule has 0 saturated carbocycles. The summed E-state index contributed by atoms with van der Waals surface area (Å²) >= 11 is 0. The van der Waals surface area contributed by atoms with Crippen LogP contribution in [0.1, 0.15) is 31.4 Å². The quantitative estimate of drug-likeness (QED) is 0.851. The smallest absolute Gasteiger partial charge is 0.256 e. The van der Waals surface area contributed by atoms with Crippen molar-refractivity contribution >= 4 is 11.9 Å². The van der Waals surface area contributed by atoms with Gasteiger partial charge >= 0.3 is 0 Å². The first-order chi connectivity index (χ1) is 8.56. The predicted molar refractivity (Wildman–Crippen MR) is 72.4 cm³/mol. The summed E-state index contributed by atoms with van der Waals surface area (Å²) in [6.45, 7) is 6.68. The largest absolute Gasteiger partial charge is 0.338 e. The molecule has 1 amide bonds. The first-order valence-electron chi connectivity index (χ1n) is 6.27. The molecule has 1 aromatic rings. The molecule has 0 aliphatic carbocycles. The van der Waals surface area contributed by atoms with Crippen molar-refractivity contribution in [1.29, 1.82) is 0 Å². The number of nitrogens with zero attached hydrogens (tertiary/aromatic N) is 1. The van der Waals surface area contributed by atoms with Crippen LogP contribution in [0.3, 0.4) is 0 Å². The summed E-state index contributed by atoms with van der Waals surface area (Å²) in [6, 6.07) is 7.97. The Balaban J connectivity index is 2.26. The number of carbonyl (C=O) groups excluding carboxylic acids is 1. The van der Waals surface area contributed by atoms with E-state index in [-0.39, 0.29) is 5.91 Å². The maximum Gasteiger partial charge on any atom is 0.256 e. The van der Waals surface area contributed by atoms with Gasteiger partial charge in [0.1, 0.15) is 5.54 Å². The second kappa shape index (κ2) is 4.80. The van der Waals surface area contributed by atoms with Gasteiger partial charge in [-0.1, -0.05) is 36.8 Å². The minimum atomic E-state index is -0.722. The van der Waals surface area contributed by atoms with E-state index >= 15 is 0 Å². The summed E-state index contributed by atoms with van der Waals surface area (Å²) in [6.07, 6.45) is 0.961. The average molecular weight is 245 g/mol. The Kier molecular flexibility index (Phi) is 3.36. The van der Waals surface area contributed by atoms with E-state index in [0.717, 1.165) is 12.0 Å². The number of hydrogen-bond donors (Lipinski definition) is 2. The second-order valence-corrected chi connectivity index (χ2v) is 4.80. The fourth-order valence-corrected chi connectivity index (χ4v) is 1.95. The highest BCUT2D eigenvalue weighted by Crippen LogP contribution is 2.24. The molecule has 1 aliphatic rings. The minimum absolute atomic E-state index is 0.0544. The minimum Gasteiger partial charge on any atom is -0.338 e. The molecule has 4 heteroatoms. The van der Waals surface area contributed by atoms with Gasteiger partial charge in [0.25, 0.3) is 5.91 Å². The van der Waals surface area contributed by atoms with E-state index in [9.17, 15) is 4.79 Å². The van der Waals surface area contributed by atoms with Crippen LogP contribution in [0.2, 0.25) is 0 Å². The lowest BCUT2D eigenvalue weighted by Crippen LogP contribution is -2.40. The monoisotopic (exact) mass is 245 g/mol. The van der Waals surface area contributed by atoms with Crippen LogP contribution in [-0.2, 0) is 10.3 Å². The molecule has 96 valence electrons. The van der Waals surface area contributed by atoms with Crippen LogP contribution in [0.15, 0.2) is 29.3 Å². The molecule has 4 nitrogen and oxygen atoms in total. The molecule has 18 heavy (non-hydrogen) atoms. The Hall–Kier alpha value is -1.84. The number of carbonyl (C=O) groups is 1. The summed E-state index contributed by atoms with van der Waals surface area (Å²) in [4.78, 5) is 16.4. The fraction of sp³-hybridized carbons (Fsp3) is 0.429. The first-order valence-corrected chi connectivity index (χ1v) is 6.27. The number of guanidine groups is 1. The van der Waals surface area contributed by atoms with Gasteiger partial charge in [-0.25, -0.2) is 0 Å². The molecule has 1 atom stereocenters. The van der Waals surface area contributed by atoms with Crippen LogP contribution in [-0.4, -0.2) is 18.4 Å². The van der Waals surface area contributed by atoms with Gasteiger partial charge in [0, 0.05) is 6.54 Å². The normalized spacial score (nSPS) is 25.1. The molecule has 0 aromatic heterocycles. The van der Waals surface area contributed by atoms with Crippen LogP contribution >= 0.6 is 0 Å². The molecule has 1 aromatic carbocycles. The number of hydrogen-bond acceptors (Lipinski definition) is 2. The SMILES string of the molecule is CCCN=C1NC(=O)C(C)(c2ccc(C)cc2)N1. The van der Waals surface area contributed by atoms with E-state index in [2.05, 4.69) is 22.5 Å². The number of aliphatic imine (C=N–C) groups is 1. The van der Waals surface area contributed by atoms with Gasteiger partial charge in [-0.3, -0.25) is 15.1 Å². The van der Waals surface area contributed by atoms with Crippen LogP contribution in [0.25, 0.3) is 0 Å². The zero-order valence-electron chi connectivity index (χ0n) is 11.1. The van der Waals surface area contributed by atoms with E-state index < -0.39 is 5.54 Å². The first kappa shape index (κ1) is 12.6. The lowest BCUT2D eigenvalue weighted by Gasteiger charge is -2.21. The summed E-state index contributed by atoms with van der Waals surface area (Å²) in [5.74, 6) is 0.520. The number of amides is 1. The molecule has 1 fully saturated rings. The summed E-state index contributed by atoms with van der Waals surface area (Å²) in [7, 11) is 0. The lowest BCUT2D eigenvalue weighted by atomic mass is 9.92. The Bertz CT molecular complexity index is 478. The molecule has 1 saturated heterocycles. The third-order valence-electron chi connectivity index (χ3n) is 3.18. The van der Waals surface area contributed by atoms with Crippen molar-refractivity contribution in [3.05, 3.63) is 35.4 Å². The van der Waals surface area contributed by atoms with E-state index in [1.165, 1.54) is 5.56 Å². The van der Waals surface area contributed by atoms with Gasteiger partial charge in [-0.05, 0) is 25.8 Å². The third kappa shape index (κ3) is 2.23. The molecule has 1 heterocycles. The topological polar surface area (TPSA) is 53.5 Å². The standard InChI is InChI=1S/C14H19N3O/c1-4-9-15-13-16-12(18)14(3,17-13)11-7-5-10(2)6-8-11/h5-8H,4,9H2,1-3H3,(H2,15,16,17,18). The zero-order valence-corrected chi connectivity index (χ0v) is 11.1. The van der Waals surface area contributed by atoms with Crippen molar-refractivity contribution in [1.82, 2.24) is 10.6 Å². The Morgan fingerprint density at radius 2 is 1.94 bits per heavy atom. The third-order valence-corrected chi connectivity index (χ3v) is 3.18. The van der Waals surface area contributed by atoms with Gasteiger partial charge in [0.05, 0.1) is 0 Å². The highest BCUT2D eigenvalue weighted by Gasteiger charge is 2.42. The number of benzene rings is 1. The molecule has 0 spiro atoms. The predicted octanol–water partition coefficient (Wildman–Crippen LogP) is 1.70. The Morgan fingerprint density at radius 1 is 1.28 bits per heavy atom. The van der Waals surface area contributed by atoms with Gasteiger partial charge in [0.2, 0.25) is 0 Å². The molecule has 2 rings (SSSR count). The van der Waals surface area contributed by atoms with Crippen LogP contribution in [0, 0.1) is 6.92 Å². The second-order valence-electron chi connectivity index (χ2n) is 4.80. The van der Waals surface area contributed by atoms with Gasteiger partial charge in [-0.2, -0.15) is 0 Å². The Labute approximate surface area is 108 Å². The maximum absolute atomic E-state index is 12.1. The van der Waals surface area contributed by atoms with Crippen molar-refractivity contribution in [2.45, 2.75) is 32.7 Å². The number of rotatable bonds is 3. The van der Waals surface area contributed by atoms with Gasteiger partial charge < -0.3 is 5.32 Å². The molecule has 1 aliphatic heterocycles. The summed E-state index contributed by atoms with van der Waals surface area (Å²) < 4.78 is 0. The highest BCUT2D eigenvalue weighted by atomic mass is 16.2. The van der Waals surface area contributed by atoms with Crippen molar-refractivity contribution in [3.8, 4) is 0 Å². The van der Waals surface area contributed by atoms with Crippen molar-refractivity contribution in [2.75, 3.05) is 6.54 Å². The average Bonchev–Trinajstić information content (AvgIpc) is 2.64. The molecule has 1 unspecified atom stereocenters.